The summed E-state index contributed by atoms with van der Waals surface area (Å²) >= 11 is 0. The first-order chi connectivity index (χ1) is 27.7. The van der Waals surface area contributed by atoms with Crippen LogP contribution in [0.25, 0.3) is 10.8 Å². The highest BCUT2D eigenvalue weighted by atomic mass is 16.5. The number of ether oxygens (including phenoxy) is 1. The van der Waals surface area contributed by atoms with Gasteiger partial charge in [-0.15, -0.1) is 0 Å². The number of aliphatic hydroxyl groups is 1. The molecule has 310 valence electrons. The van der Waals surface area contributed by atoms with Gasteiger partial charge in [-0.05, 0) is 64.8 Å². The van der Waals surface area contributed by atoms with Gasteiger partial charge in [-0.3, -0.25) is 20.0 Å². The Hall–Kier alpha value is -5.53. The van der Waals surface area contributed by atoms with Crippen LogP contribution in [0.1, 0.15) is 63.6 Å². The lowest BCUT2D eigenvalue weighted by Crippen LogP contribution is -2.60. The van der Waals surface area contributed by atoms with Crippen LogP contribution in [-0.4, -0.2) is 99.8 Å². The molecule has 13 heteroatoms. The Morgan fingerprint density at radius 1 is 0.897 bits per heavy atom. The predicted molar refractivity (Wildman–Crippen MR) is 224 cm³/mol. The first-order valence-corrected chi connectivity index (χ1v) is 20.0. The van der Waals surface area contributed by atoms with Crippen molar-refractivity contribution >= 4 is 34.7 Å². The van der Waals surface area contributed by atoms with Gasteiger partial charge in [-0.25, -0.2) is 14.6 Å². The third-order valence-corrected chi connectivity index (χ3v) is 10.7. The average molecular weight is 794 g/mol. The van der Waals surface area contributed by atoms with Gasteiger partial charge in [0.1, 0.15) is 12.1 Å². The molecule has 2 heterocycles. The van der Waals surface area contributed by atoms with Gasteiger partial charge in [-0.1, -0.05) is 114 Å². The number of benzene rings is 3. The Morgan fingerprint density at radius 2 is 1.60 bits per heavy atom. The van der Waals surface area contributed by atoms with Crippen molar-refractivity contribution in [2.45, 2.75) is 91.7 Å². The van der Waals surface area contributed by atoms with Crippen molar-refractivity contribution in [2.75, 3.05) is 26.7 Å². The number of hydrogen-bond donors (Lipinski definition) is 4. The van der Waals surface area contributed by atoms with Crippen LogP contribution >= 0.6 is 0 Å². The third-order valence-electron chi connectivity index (χ3n) is 10.7. The summed E-state index contributed by atoms with van der Waals surface area (Å²) in [6.45, 7) is 12.6. The Balaban J connectivity index is 1.42. The number of rotatable bonds is 17. The second kappa shape index (κ2) is 19.8. The maximum absolute atomic E-state index is 14.5. The monoisotopic (exact) mass is 793 g/mol. The van der Waals surface area contributed by atoms with Crippen LogP contribution in [0.4, 0.5) is 9.59 Å². The molecule has 3 aromatic carbocycles. The number of carbonyl (C=O) groups is 4. The minimum absolute atomic E-state index is 0.0840. The van der Waals surface area contributed by atoms with E-state index >= 15 is 0 Å². The molecule has 1 aliphatic heterocycles. The summed E-state index contributed by atoms with van der Waals surface area (Å²) in [5.41, 5.74) is 5.68. The van der Waals surface area contributed by atoms with E-state index in [0.29, 0.717) is 26.1 Å². The van der Waals surface area contributed by atoms with Gasteiger partial charge >= 0.3 is 12.1 Å². The van der Waals surface area contributed by atoms with Gasteiger partial charge < -0.3 is 30.3 Å². The Morgan fingerprint density at radius 3 is 2.28 bits per heavy atom. The number of hydrogen-bond acceptors (Lipinski definition) is 8. The number of nitrogens with one attached hydrogen (secondary N) is 3. The van der Waals surface area contributed by atoms with Crippen LogP contribution in [0.15, 0.2) is 91.0 Å². The summed E-state index contributed by atoms with van der Waals surface area (Å²) in [4.78, 5) is 62.7. The molecule has 5 unspecified atom stereocenters. The number of fused-ring (bicyclic) bond motifs is 1. The lowest BCUT2D eigenvalue weighted by Gasteiger charge is -2.36. The number of methoxy groups -OCH3 is 1. The van der Waals surface area contributed by atoms with Crippen molar-refractivity contribution in [3.05, 3.63) is 114 Å². The number of hydrazine groups is 1. The van der Waals surface area contributed by atoms with E-state index in [-0.39, 0.29) is 37.4 Å². The van der Waals surface area contributed by atoms with Crippen LogP contribution in [0.5, 0.6) is 0 Å². The summed E-state index contributed by atoms with van der Waals surface area (Å²) < 4.78 is 4.83. The molecule has 5 rings (SSSR count). The second-order valence-corrected chi connectivity index (χ2v) is 16.3. The molecular formula is C45H59N7O6. The maximum Gasteiger partial charge on any atom is 0.407 e. The topological polar surface area (TPSA) is 156 Å². The average Bonchev–Trinajstić information content (AvgIpc) is 3.54. The summed E-state index contributed by atoms with van der Waals surface area (Å²) in [5, 5.41) is 21.7. The van der Waals surface area contributed by atoms with Crippen molar-refractivity contribution in [2.24, 2.45) is 11.3 Å². The molecule has 1 saturated heterocycles. The van der Waals surface area contributed by atoms with E-state index in [9.17, 15) is 24.3 Å². The molecule has 58 heavy (non-hydrogen) atoms. The number of aryl methyl sites for hydroxylation is 1. The molecule has 13 nitrogen and oxygen atoms in total. The van der Waals surface area contributed by atoms with E-state index in [1.54, 1.807) is 14.8 Å². The van der Waals surface area contributed by atoms with Crippen molar-refractivity contribution in [3.8, 4) is 0 Å². The number of aliphatic hydroxyl groups excluding tert-OH is 1. The lowest BCUT2D eigenvalue weighted by atomic mass is 9.86. The number of nitrogens with zero attached hydrogens (tertiary/aromatic N) is 4. The second-order valence-electron chi connectivity index (χ2n) is 16.3. The molecule has 0 bridgehead atoms. The fraction of sp³-hybridized carbons (Fsp3) is 0.444. The molecule has 1 aliphatic rings. The van der Waals surface area contributed by atoms with Gasteiger partial charge in [0.25, 0.3) is 5.91 Å². The summed E-state index contributed by atoms with van der Waals surface area (Å²) in [5.74, 6) is -1.04. The van der Waals surface area contributed by atoms with Gasteiger partial charge in [0.05, 0.1) is 31.5 Å². The number of aromatic nitrogens is 1. The quantitative estimate of drug-likeness (QED) is 0.101. The first-order valence-electron chi connectivity index (χ1n) is 20.0. The fourth-order valence-corrected chi connectivity index (χ4v) is 7.37. The van der Waals surface area contributed by atoms with E-state index in [4.69, 9.17) is 4.74 Å². The zero-order valence-electron chi connectivity index (χ0n) is 34.8. The maximum atomic E-state index is 14.5. The number of amides is 5. The highest BCUT2D eigenvalue weighted by Gasteiger charge is 2.41. The van der Waals surface area contributed by atoms with Crippen LogP contribution in [0.2, 0.25) is 0 Å². The number of pyridine rings is 1. The molecule has 1 fully saturated rings. The molecule has 0 spiro atoms. The summed E-state index contributed by atoms with van der Waals surface area (Å²) in [6.07, 6.45) is -1.01. The highest BCUT2D eigenvalue weighted by molar-refractivity contribution is 5.89. The SMILES string of the molecule is CCC(C)C(C(=O)NC(Cc1ccccc1)C(O)CN(Cc1ccc2ccccc2c1)NC(=O)C(NC(=O)OC)C(C)(C)C)N1CCN(Cc2cccc(C)n2)C1=O. The lowest BCUT2D eigenvalue weighted by molar-refractivity contribution is -0.132. The van der Waals surface area contributed by atoms with E-state index in [2.05, 4.69) is 21.0 Å². The molecule has 0 radical (unpaired) electrons. The van der Waals surface area contributed by atoms with E-state index in [0.717, 1.165) is 33.3 Å². The molecular weight excluding hydrogens is 735 g/mol. The fourth-order valence-electron chi connectivity index (χ4n) is 7.37. The standard InChI is InChI=1S/C45H59N7O6/c1-8-30(2)39(52-24-23-50(44(52)57)28-36-20-14-15-31(3)46-36)41(54)47-37(26-32-16-10-9-11-17-32)38(53)29-51(27-33-21-22-34-18-12-13-19-35(34)25-33)49-42(55)40(45(4,5)6)48-43(56)58-7/h9-22,25,30,37-40,53H,8,23-24,26-29H2,1-7H3,(H,47,54)(H,48,56)(H,49,55). The Kier molecular flexibility index (Phi) is 14.8. The number of alkyl carbamates (subject to hydrolysis) is 1. The zero-order valence-corrected chi connectivity index (χ0v) is 34.8. The summed E-state index contributed by atoms with van der Waals surface area (Å²) in [6, 6.07) is 26.4. The molecule has 4 aromatic rings. The van der Waals surface area contributed by atoms with Gasteiger partial charge in [0, 0.05) is 31.9 Å². The van der Waals surface area contributed by atoms with Crippen molar-refractivity contribution < 1.29 is 29.0 Å². The van der Waals surface area contributed by atoms with E-state index < -0.39 is 41.6 Å². The molecule has 5 atom stereocenters. The largest absolute Gasteiger partial charge is 0.453 e. The molecule has 1 aromatic heterocycles. The van der Waals surface area contributed by atoms with Crippen molar-refractivity contribution in [1.82, 2.24) is 35.9 Å². The zero-order chi connectivity index (χ0) is 42.0. The highest BCUT2D eigenvalue weighted by Crippen LogP contribution is 2.24. The smallest absolute Gasteiger partial charge is 0.407 e. The van der Waals surface area contributed by atoms with E-state index in [1.807, 2.05) is 133 Å². The Bertz CT molecular complexity index is 2020. The summed E-state index contributed by atoms with van der Waals surface area (Å²) in [7, 11) is 1.24. The molecule has 4 N–H and O–H groups in total. The van der Waals surface area contributed by atoms with Crippen molar-refractivity contribution in [1.29, 1.82) is 0 Å². The Labute approximate surface area is 342 Å². The van der Waals surface area contributed by atoms with Crippen LogP contribution in [0, 0.1) is 18.3 Å². The van der Waals surface area contributed by atoms with Crippen LogP contribution < -0.4 is 16.1 Å². The molecule has 5 amide bonds. The third kappa shape index (κ3) is 11.5. The minimum atomic E-state index is -1.19. The van der Waals surface area contributed by atoms with Gasteiger partial charge in [0.2, 0.25) is 5.91 Å². The normalized spacial score (nSPS) is 15.8. The predicted octanol–water partition coefficient (Wildman–Crippen LogP) is 5.59. The van der Waals surface area contributed by atoms with Crippen LogP contribution in [0.3, 0.4) is 0 Å². The van der Waals surface area contributed by atoms with Crippen molar-refractivity contribution in [3.63, 3.8) is 0 Å². The molecule has 0 saturated carbocycles. The van der Waals surface area contributed by atoms with E-state index in [1.165, 1.54) is 7.11 Å². The number of carbonyl (C=O) groups excluding carboxylic acids is 4. The van der Waals surface area contributed by atoms with Gasteiger partial charge in [-0.2, -0.15) is 0 Å². The van der Waals surface area contributed by atoms with Crippen LogP contribution in [-0.2, 0) is 33.8 Å². The molecule has 0 aliphatic carbocycles. The minimum Gasteiger partial charge on any atom is -0.453 e. The number of urea groups is 1. The first kappa shape index (κ1) is 43.6. The van der Waals surface area contributed by atoms with Gasteiger partial charge in [0.15, 0.2) is 0 Å².